The summed E-state index contributed by atoms with van der Waals surface area (Å²) in [6.45, 7) is 6.51. The maximum atomic E-state index is 13.5. The predicted molar refractivity (Wildman–Crippen MR) is 167 cm³/mol. The van der Waals surface area contributed by atoms with E-state index < -0.39 is 0 Å². The summed E-state index contributed by atoms with van der Waals surface area (Å²) in [5.41, 5.74) is 10.9. The van der Waals surface area contributed by atoms with E-state index in [-0.39, 0.29) is 30.0 Å². The second kappa shape index (κ2) is 11.2. The zero-order chi connectivity index (χ0) is 30.7. The third kappa shape index (κ3) is 5.11. The summed E-state index contributed by atoms with van der Waals surface area (Å²) in [6.07, 6.45) is 3.31. The van der Waals surface area contributed by atoms with Crippen LogP contribution in [-0.2, 0) is 23.1 Å². The van der Waals surface area contributed by atoms with Gasteiger partial charge in [0.15, 0.2) is 5.82 Å². The van der Waals surface area contributed by atoms with E-state index in [1.165, 1.54) is 0 Å². The number of imidazole rings is 1. The molecule has 7 rings (SSSR count). The zero-order valence-corrected chi connectivity index (χ0v) is 25.9. The summed E-state index contributed by atoms with van der Waals surface area (Å²) in [5.74, 6) is 2.13. The highest BCUT2D eigenvalue weighted by molar-refractivity contribution is 6.00. The van der Waals surface area contributed by atoms with Gasteiger partial charge < -0.3 is 34.6 Å². The lowest BCUT2D eigenvalue weighted by molar-refractivity contribution is -0.123. The molecule has 5 atom stereocenters. The van der Waals surface area contributed by atoms with E-state index >= 15 is 0 Å². The Morgan fingerprint density at radius 2 is 2.00 bits per heavy atom. The number of hydrogen-bond acceptors (Lipinski definition) is 7. The van der Waals surface area contributed by atoms with Crippen LogP contribution in [0.15, 0.2) is 30.3 Å². The van der Waals surface area contributed by atoms with Crippen LogP contribution in [0.4, 0.5) is 0 Å². The third-order valence-electron chi connectivity index (χ3n) is 9.67. The van der Waals surface area contributed by atoms with Gasteiger partial charge in [0.25, 0.3) is 5.91 Å². The van der Waals surface area contributed by atoms with Gasteiger partial charge in [0.1, 0.15) is 16.9 Å². The van der Waals surface area contributed by atoms with E-state index in [1.807, 2.05) is 41.6 Å². The first-order chi connectivity index (χ1) is 21.2. The van der Waals surface area contributed by atoms with Crippen LogP contribution in [0.5, 0.6) is 5.75 Å². The average molecular weight is 600 g/mol. The molecule has 4 aromatic rings. The molecule has 1 aromatic carbocycles. The van der Waals surface area contributed by atoms with Crippen LogP contribution < -0.4 is 15.8 Å². The summed E-state index contributed by atoms with van der Waals surface area (Å²) >= 11 is 0. The van der Waals surface area contributed by atoms with Gasteiger partial charge in [-0.1, -0.05) is 0 Å². The van der Waals surface area contributed by atoms with E-state index in [9.17, 15) is 9.59 Å². The second-order valence-electron chi connectivity index (χ2n) is 12.8. The topological polar surface area (TPSA) is 130 Å². The van der Waals surface area contributed by atoms with Crippen LogP contribution >= 0.6 is 0 Å². The molecule has 1 aliphatic carbocycles. The maximum Gasteiger partial charge on any atom is 0.254 e. The SMILES string of the molecule is COc1cc(C(=O)N2CCC[C@@H](N)C2)cc2nc(-c3cc4ccc5nc4n3C[C@H]3C[C@@H]3[C@H](C)OCCC(=O)N[C@@H]5C)n(C)c12. The Kier molecular flexibility index (Phi) is 7.32. The Labute approximate surface area is 256 Å². The Morgan fingerprint density at radius 1 is 1.16 bits per heavy atom. The van der Waals surface area contributed by atoms with E-state index in [4.69, 9.17) is 25.2 Å². The molecule has 5 heterocycles. The number of nitrogens with two attached hydrogens (primary N) is 1. The normalized spacial score (nSPS) is 26.0. The van der Waals surface area contributed by atoms with Gasteiger partial charge in [0.2, 0.25) is 5.91 Å². The van der Waals surface area contributed by atoms with Crippen molar-refractivity contribution >= 4 is 33.9 Å². The fraction of sp³-hybridized carbons (Fsp3) is 0.515. The van der Waals surface area contributed by atoms with Crippen molar-refractivity contribution in [2.24, 2.45) is 24.6 Å². The molecule has 0 unspecified atom stereocenters. The lowest BCUT2D eigenvalue weighted by Gasteiger charge is -2.30. The number of hydrogen-bond donors (Lipinski definition) is 2. The highest BCUT2D eigenvalue weighted by Crippen LogP contribution is 2.45. The first-order valence-corrected chi connectivity index (χ1v) is 15.7. The number of ether oxygens (including phenoxy) is 2. The quantitative estimate of drug-likeness (QED) is 0.367. The molecule has 44 heavy (non-hydrogen) atoms. The van der Waals surface area contributed by atoms with Crippen molar-refractivity contribution in [3.63, 3.8) is 0 Å². The molecular formula is C33H41N7O4. The van der Waals surface area contributed by atoms with Crippen LogP contribution in [0.3, 0.4) is 0 Å². The smallest absolute Gasteiger partial charge is 0.254 e. The van der Waals surface area contributed by atoms with E-state index in [2.05, 4.69) is 28.9 Å². The monoisotopic (exact) mass is 599 g/mol. The standard InChI is InChI=1S/C33H41N7O4/c1-18-25-8-7-20-14-27(40(31(20)36-25)16-22-12-24(22)19(2)44-11-9-29(41)35-18)32-37-26-13-21(15-28(43-4)30(26)38(32)3)33(42)39-10-5-6-23(34)17-39/h7-8,13-15,18-19,22-24H,5-6,9-12,16-17,34H2,1-4H3,(H,35,41)/t18-,19+,22-,23-,24-/m1/s1. The van der Waals surface area contributed by atoms with Gasteiger partial charge in [-0.05, 0) is 75.3 Å². The molecule has 11 nitrogen and oxygen atoms in total. The number of fused-ring (bicyclic) bond motifs is 3. The van der Waals surface area contributed by atoms with Gasteiger partial charge in [0.05, 0.1) is 42.8 Å². The van der Waals surface area contributed by atoms with Crippen molar-refractivity contribution in [1.29, 1.82) is 0 Å². The summed E-state index contributed by atoms with van der Waals surface area (Å²) in [4.78, 5) is 38.1. The van der Waals surface area contributed by atoms with Crippen LogP contribution in [0, 0.1) is 11.8 Å². The number of benzene rings is 1. The number of aryl methyl sites for hydroxylation is 1. The zero-order valence-electron chi connectivity index (χ0n) is 25.9. The molecule has 11 heteroatoms. The number of likely N-dealkylation sites (tertiary alicyclic amines) is 1. The molecule has 3 aromatic heterocycles. The fourth-order valence-corrected chi connectivity index (χ4v) is 7.09. The molecule has 2 bridgehead atoms. The van der Waals surface area contributed by atoms with Gasteiger partial charge in [-0.25, -0.2) is 9.97 Å². The molecule has 232 valence electrons. The molecule has 3 aliphatic rings. The number of pyridine rings is 1. The summed E-state index contributed by atoms with van der Waals surface area (Å²) in [6, 6.07) is 9.64. The minimum Gasteiger partial charge on any atom is -0.494 e. The summed E-state index contributed by atoms with van der Waals surface area (Å²) in [5, 5.41) is 4.08. The van der Waals surface area contributed by atoms with Crippen molar-refractivity contribution < 1.29 is 19.1 Å². The van der Waals surface area contributed by atoms with Crippen LogP contribution in [0.2, 0.25) is 0 Å². The number of amides is 2. The van der Waals surface area contributed by atoms with Crippen molar-refractivity contribution in [2.45, 2.75) is 64.3 Å². The van der Waals surface area contributed by atoms with E-state index in [0.29, 0.717) is 54.8 Å². The van der Waals surface area contributed by atoms with Crippen LogP contribution in [0.1, 0.15) is 61.6 Å². The molecule has 1 saturated heterocycles. The third-order valence-corrected chi connectivity index (χ3v) is 9.67. The first-order valence-electron chi connectivity index (χ1n) is 15.7. The van der Waals surface area contributed by atoms with Crippen LogP contribution in [0.25, 0.3) is 33.6 Å². The summed E-state index contributed by atoms with van der Waals surface area (Å²) < 4.78 is 16.2. The molecule has 0 radical (unpaired) electrons. The highest BCUT2D eigenvalue weighted by Gasteiger charge is 2.42. The molecule has 1 saturated carbocycles. The van der Waals surface area contributed by atoms with E-state index in [1.54, 1.807) is 7.11 Å². The van der Waals surface area contributed by atoms with Crippen molar-refractivity contribution in [3.8, 4) is 17.3 Å². The Balaban J connectivity index is 1.34. The number of nitrogens with zero attached hydrogens (tertiary/aromatic N) is 5. The van der Waals surface area contributed by atoms with Gasteiger partial charge in [-0.3, -0.25) is 9.59 Å². The maximum absolute atomic E-state index is 13.5. The molecule has 2 amide bonds. The Hall–Kier alpha value is -3.96. The first kappa shape index (κ1) is 28.8. The number of aromatic nitrogens is 4. The number of rotatable bonds is 3. The average Bonchev–Trinajstić information content (AvgIpc) is 3.59. The number of methoxy groups -OCH3 is 1. The number of nitrogens with one attached hydrogen (secondary N) is 1. The van der Waals surface area contributed by atoms with Crippen molar-refractivity contribution in [1.82, 2.24) is 29.3 Å². The number of carbonyl (C=O) groups is 2. The van der Waals surface area contributed by atoms with Crippen LogP contribution in [-0.4, -0.2) is 74.8 Å². The largest absolute Gasteiger partial charge is 0.494 e. The Morgan fingerprint density at radius 3 is 2.80 bits per heavy atom. The molecule has 3 N–H and O–H groups in total. The minimum absolute atomic E-state index is 0.00136. The lowest BCUT2D eigenvalue weighted by Crippen LogP contribution is -2.45. The highest BCUT2D eigenvalue weighted by atomic mass is 16.5. The predicted octanol–water partition coefficient (Wildman–Crippen LogP) is 3.78. The van der Waals surface area contributed by atoms with Gasteiger partial charge >= 0.3 is 0 Å². The van der Waals surface area contributed by atoms with Crippen molar-refractivity contribution in [2.75, 3.05) is 26.8 Å². The molecule has 2 aliphatic heterocycles. The Bertz CT molecular complexity index is 1760. The number of piperidine rings is 1. The fourth-order valence-electron chi connectivity index (χ4n) is 7.09. The van der Waals surface area contributed by atoms with Gasteiger partial charge in [-0.2, -0.15) is 0 Å². The molecule has 0 spiro atoms. The van der Waals surface area contributed by atoms with Gasteiger partial charge in [0, 0.05) is 50.1 Å². The van der Waals surface area contributed by atoms with Crippen molar-refractivity contribution in [3.05, 3.63) is 41.6 Å². The van der Waals surface area contributed by atoms with E-state index in [0.717, 1.165) is 59.6 Å². The number of carbonyl (C=O) groups excluding carboxylic acids is 2. The second-order valence-corrected chi connectivity index (χ2v) is 12.8. The van der Waals surface area contributed by atoms with Gasteiger partial charge in [-0.15, -0.1) is 0 Å². The minimum atomic E-state index is -0.238. The lowest BCUT2D eigenvalue weighted by atomic mass is 10.0. The summed E-state index contributed by atoms with van der Waals surface area (Å²) in [7, 11) is 3.61. The molecular weight excluding hydrogens is 558 g/mol. The molecule has 2 fully saturated rings.